The minimum atomic E-state index is 0.427. The Morgan fingerprint density at radius 2 is 2.53 bits per heavy atom. The van der Waals surface area contributed by atoms with E-state index < -0.39 is 0 Å². The van der Waals surface area contributed by atoms with Crippen LogP contribution in [-0.2, 0) is 4.74 Å². The maximum atomic E-state index is 5.57. The molecule has 1 aromatic heterocycles. The average Bonchev–Trinajstić information content (AvgIpc) is 2.90. The molecular weight excluding hydrogens is 254 g/mol. The molecule has 0 aliphatic carbocycles. The molecule has 0 amide bonds. The van der Waals surface area contributed by atoms with Crippen molar-refractivity contribution in [1.29, 1.82) is 0 Å². The quantitative estimate of drug-likeness (QED) is 0.804. The van der Waals surface area contributed by atoms with Gasteiger partial charge in [-0.2, -0.15) is 4.37 Å². The van der Waals surface area contributed by atoms with Crippen molar-refractivity contribution in [1.82, 2.24) is 14.7 Å². The number of rotatable bonds is 6. The van der Waals surface area contributed by atoms with Crippen molar-refractivity contribution >= 4 is 23.3 Å². The average molecular weight is 273 g/mol. The van der Waals surface area contributed by atoms with Crippen LogP contribution in [0.5, 0.6) is 0 Å². The van der Waals surface area contributed by atoms with Gasteiger partial charge < -0.3 is 10.1 Å². The van der Waals surface area contributed by atoms with Gasteiger partial charge in [0.05, 0.1) is 6.10 Å². The molecule has 17 heavy (non-hydrogen) atoms. The molecule has 0 radical (unpaired) electrons. The molecule has 2 unspecified atom stereocenters. The third kappa shape index (κ3) is 4.54. The van der Waals surface area contributed by atoms with Crippen LogP contribution in [0.15, 0.2) is 4.34 Å². The van der Waals surface area contributed by atoms with Crippen molar-refractivity contribution in [3.8, 4) is 0 Å². The van der Waals surface area contributed by atoms with E-state index in [-0.39, 0.29) is 0 Å². The first-order valence-corrected chi connectivity index (χ1v) is 7.68. The maximum absolute atomic E-state index is 5.57. The van der Waals surface area contributed by atoms with Crippen molar-refractivity contribution in [2.45, 2.75) is 42.4 Å². The summed E-state index contributed by atoms with van der Waals surface area (Å²) < 4.78 is 10.8. The fourth-order valence-electron chi connectivity index (χ4n) is 1.79. The van der Waals surface area contributed by atoms with Gasteiger partial charge in [0.1, 0.15) is 5.82 Å². The zero-order chi connectivity index (χ0) is 12.1. The fraction of sp³-hybridized carbons (Fsp3) is 0.818. The van der Waals surface area contributed by atoms with Crippen molar-refractivity contribution in [2.75, 3.05) is 19.7 Å². The molecule has 0 aromatic carbocycles. The molecule has 0 bridgehead atoms. The topological polar surface area (TPSA) is 47.0 Å². The van der Waals surface area contributed by atoms with E-state index in [0.717, 1.165) is 29.9 Å². The van der Waals surface area contributed by atoms with Gasteiger partial charge in [0.15, 0.2) is 4.34 Å². The summed E-state index contributed by atoms with van der Waals surface area (Å²) in [4.78, 5) is 4.35. The minimum Gasteiger partial charge on any atom is -0.377 e. The van der Waals surface area contributed by atoms with Gasteiger partial charge >= 0.3 is 0 Å². The summed E-state index contributed by atoms with van der Waals surface area (Å²) in [6.45, 7) is 7.04. The monoisotopic (exact) mass is 273 g/mol. The Hall–Kier alpha value is -0.170. The molecule has 96 valence electrons. The number of aryl methyl sites for hydroxylation is 1. The predicted octanol–water partition coefficient (Wildman–Crippen LogP) is 2.10. The Kier molecular flexibility index (Phi) is 5.21. The Morgan fingerprint density at radius 1 is 1.65 bits per heavy atom. The van der Waals surface area contributed by atoms with E-state index in [2.05, 4.69) is 21.6 Å². The largest absolute Gasteiger partial charge is 0.377 e. The molecule has 2 heterocycles. The van der Waals surface area contributed by atoms with E-state index in [1.165, 1.54) is 24.4 Å². The van der Waals surface area contributed by atoms with E-state index >= 15 is 0 Å². The zero-order valence-corrected chi connectivity index (χ0v) is 11.9. The molecular formula is C11H19N3OS2. The van der Waals surface area contributed by atoms with Gasteiger partial charge in [-0.1, -0.05) is 18.7 Å². The zero-order valence-electron chi connectivity index (χ0n) is 10.3. The lowest BCUT2D eigenvalue weighted by Gasteiger charge is -2.13. The molecule has 1 aliphatic heterocycles. The molecule has 1 aliphatic rings. The maximum Gasteiger partial charge on any atom is 0.170 e. The van der Waals surface area contributed by atoms with Gasteiger partial charge in [0.2, 0.25) is 0 Å². The standard InChI is InChI=1S/C11H19N3OS2/c1-8(16-11-13-9(2)14-17-11)6-12-7-10-4-3-5-15-10/h8,10,12H,3-7H2,1-2H3. The lowest BCUT2D eigenvalue weighted by molar-refractivity contribution is 0.110. The molecule has 2 atom stereocenters. The molecule has 1 N–H and O–H groups in total. The van der Waals surface area contributed by atoms with Gasteiger partial charge in [-0.05, 0) is 31.3 Å². The van der Waals surface area contributed by atoms with E-state index in [1.54, 1.807) is 11.8 Å². The third-order valence-electron chi connectivity index (χ3n) is 2.64. The van der Waals surface area contributed by atoms with Crippen LogP contribution in [0.2, 0.25) is 0 Å². The van der Waals surface area contributed by atoms with Crippen molar-refractivity contribution in [2.24, 2.45) is 0 Å². The number of hydrogen-bond acceptors (Lipinski definition) is 6. The first-order valence-electron chi connectivity index (χ1n) is 6.03. The molecule has 6 heteroatoms. The molecule has 0 saturated carbocycles. The van der Waals surface area contributed by atoms with Crippen LogP contribution in [-0.4, -0.2) is 40.4 Å². The van der Waals surface area contributed by atoms with Crippen molar-refractivity contribution in [3.63, 3.8) is 0 Å². The second kappa shape index (κ2) is 6.68. The van der Waals surface area contributed by atoms with Crippen LogP contribution in [0, 0.1) is 6.92 Å². The van der Waals surface area contributed by atoms with E-state index in [4.69, 9.17) is 4.74 Å². The van der Waals surface area contributed by atoms with Crippen LogP contribution < -0.4 is 5.32 Å². The summed E-state index contributed by atoms with van der Waals surface area (Å²) in [7, 11) is 0. The summed E-state index contributed by atoms with van der Waals surface area (Å²) in [5.74, 6) is 0.872. The van der Waals surface area contributed by atoms with Crippen LogP contribution in [0.4, 0.5) is 0 Å². The summed E-state index contributed by atoms with van der Waals surface area (Å²) >= 11 is 3.27. The van der Waals surface area contributed by atoms with Gasteiger partial charge in [-0.25, -0.2) is 4.98 Å². The van der Waals surface area contributed by atoms with Crippen LogP contribution in [0.3, 0.4) is 0 Å². The first-order chi connectivity index (χ1) is 8.24. The number of nitrogens with one attached hydrogen (secondary N) is 1. The van der Waals surface area contributed by atoms with Crippen LogP contribution in [0.1, 0.15) is 25.6 Å². The number of thioether (sulfide) groups is 1. The number of hydrogen-bond donors (Lipinski definition) is 1. The SMILES string of the molecule is Cc1nsc(SC(C)CNCC2CCCO2)n1. The Labute approximate surface area is 111 Å². The number of aromatic nitrogens is 2. The van der Waals surface area contributed by atoms with Crippen LogP contribution in [0.25, 0.3) is 0 Å². The Morgan fingerprint density at radius 3 is 3.18 bits per heavy atom. The molecule has 1 aromatic rings. The predicted molar refractivity (Wildman–Crippen MR) is 71.8 cm³/mol. The van der Waals surface area contributed by atoms with Crippen molar-refractivity contribution in [3.05, 3.63) is 5.82 Å². The highest BCUT2D eigenvalue weighted by Crippen LogP contribution is 2.24. The lowest BCUT2D eigenvalue weighted by atomic mass is 10.2. The van der Waals surface area contributed by atoms with Gasteiger partial charge in [0, 0.05) is 24.9 Å². The molecule has 1 fully saturated rings. The Bertz CT molecular complexity index is 339. The molecule has 2 rings (SSSR count). The van der Waals surface area contributed by atoms with E-state index in [9.17, 15) is 0 Å². The summed E-state index contributed by atoms with van der Waals surface area (Å²) in [5, 5.41) is 3.98. The summed E-state index contributed by atoms with van der Waals surface area (Å²) in [6, 6.07) is 0. The molecule has 1 saturated heterocycles. The number of ether oxygens (including phenoxy) is 1. The second-order valence-electron chi connectivity index (χ2n) is 4.33. The summed E-state index contributed by atoms with van der Waals surface area (Å²) in [6.07, 6.45) is 2.83. The van der Waals surface area contributed by atoms with Gasteiger partial charge in [-0.15, -0.1) is 0 Å². The highest BCUT2D eigenvalue weighted by molar-refractivity contribution is 8.01. The normalized spacial score (nSPS) is 21.9. The van der Waals surface area contributed by atoms with Crippen molar-refractivity contribution < 1.29 is 4.74 Å². The highest BCUT2D eigenvalue weighted by atomic mass is 32.2. The van der Waals surface area contributed by atoms with Gasteiger partial charge in [0.25, 0.3) is 0 Å². The fourth-order valence-corrected chi connectivity index (χ4v) is 3.72. The lowest BCUT2D eigenvalue weighted by Crippen LogP contribution is -2.30. The first kappa shape index (κ1) is 13.3. The minimum absolute atomic E-state index is 0.427. The second-order valence-corrected chi connectivity index (χ2v) is 6.77. The van der Waals surface area contributed by atoms with E-state index in [0.29, 0.717) is 11.4 Å². The molecule has 4 nitrogen and oxygen atoms in total. The Balaban J connectivity index is 1.61. The smallest absolute Gasteiger partial charge is 0.170 e. The van der Waals surface area contributed by atoms with Gasteiger partial charge in [-0.3, -0.25) is 0 Å². The summed E-state index contributed by atoms with van der Waals surface area (Å²) in [5.41, 5.74) is 0. The molecule has 0 spiro atoms. The highest BCUT2D eigenvalue weighted by Gasteiger charge is 2.15. The van der Waals surface area contributed by atoms with Crippen LogP contribution >= 0.6 is 23.3 Å². The number of nitrogens with zero attached hydrogens (tertiary/aromatic N) is 2. The third-order valence-corrected chi connectivity index (χ3v) is 4.62. The van der Waals surface area contributed by atoms with E-state index in [1.807, 2.05) is 6.92 Å².